The Morgan fingerprint density at radius 1 is 1.24 bits per heavy atom. The highest BCUT2D eigenvalue weighted by atomic mass is 35.5. The molecule has 8 heteroatoms. The maximum atomic E-state index is 11.9. The van der Waals surface area contributed by atoms with Crippen LogP contribution in [0.4, 0.5) is 5.69 Å². The van der Waals surface area contributed by atoms with E-state index in [0.29, 0.717) is 10.7 Å². The van der Waals surface area contributed by atoms with Gasteiger partial charge < -0.3 is 21.2 Å². The van der Waals surface area contributed by atoms with Crippen molar-refractivity contribution in [3.05, 3.63) is 29.3 Å². The predicted molar refractivity (Wildman–Crippen MR) is 97.3 cm³/mol. The predicted octanol–water partition coefficient (Wildman–Crippen LogP) is 2.41. The lowest BCUT2D eigenvalue weighted by Gasteiger charge is -2.22. The zero-order chi connectivity index (χ0) is 18.1. The molecular weight excluding hydrogens is 344 g/mol. The van der Waals surface area contributed by atoms with Gasteiger partial charge in [-0.05, 0) is 31.0 Å². The quantitative estimate of drug-likeness (QED) is 0.391. The van der Waals surface area contributed by atoms with Crippen LogP contribution in [0.3, 0.4) is 0 Å². The van der Waals surface area contributed by atoms with Crippen LogP contribution in [0.2, 0.25) is 5.02 Å². The second-order valence-electron chi connectivity index (χ2n) is 5.99. The molecule has 0 aromatic heterocycles. The minimum absolute atomic E-state index is 0.0314. The molecular formula is C17H23ClN4O3. The molecule has 1 aromatic carbocycles. The zero-order valence-corrected chi connectivity index (χ0v) is 14.7. The summed E-state index contributed by atoms with van der Waals surface area (Å²) in [4.78, 5) is 28.5. The summed E-state index contributed by atoms with van der Waals surface area (Å²) >= 11 is 5.83. The summed E-state index contributed by atoms with van der Waals surface area (Å²) in [7, 11) is 0. The number of carbonyl (C=O) groups excluding carboxylic acids is 2. The van der Waals surface area contributed by atoms with Gasteiger partial charge in [-0.3, -0.25) is 9.59 Å². The van der Waals surface area contributed by atoms with Crippen LogP contribution in [-0.2, 0) is 14.4 Å². The number of nitrogens with one attached hydrogen (secondary N) is 2. The van der Waals surface area contributed by atoms with Gasteiger partial charge in [0.25, 0.3) is 5.91 Å². The SMILES string of the molecule is NC(CC(=O)NC1CCCCC1)=NOCC(=O)Nc1cccc(Cl)c1. The van der Waals surface area contributed by atoms with Crippen LogP contribution in [0.15, 0.2) is 29.4 Å². The van der Waals surface area contributed by atoms with E-state index in [2.05, 4.69) is 15.8 Å². The molecule has 0 aliphatic heterocycles. The fourth-order valence-electron chi connectivity index (χ4n) is 2.66. The van der Waals surface area contributed by atoms with E-state index in [1.165, 1.54) is 6.42 Å². The molecule has 0 spiro atoms. The molecule has 1 fully saturated rings. The Hall–Kier alpha value is -2.28. The van der Waals surface area contributed by atoms with Crippen molar-refractivity contribution in [3.63, 3.8) is 0 Å². The number of carbonyl (C=O) groups is 2. The van der Waals surface area contributed by atoms with Gasteiger partial charge in [-0.2, -0.15) is 0 Å². The maximum absolute atomic E-state index is 11.9. The third-order valence-corrected chi connectivity index (χ3v) is 4.03. The standard InChI is InChI=1S/C17H23ClN4O3/c18-12-5-4-8-14(9-12)21-17(24)11-25-22-15(19)10-16(23)20-13-6-2-1-3-7-13/h4-5,8-9,13H,1-3,6-7,10-11H2,(H2,19,22)(H,20,23)(H,21,24). The topological polar surface area (TPSA) is 106 Å². The maximum Gasteiger partial charge on any atom is 0.265 e. The zero-order valence-electron chi connectivity index (χ0n) is 14.0. The number of hydrogen-bond acceptors (Lipinski definition) is 4. The van der Waals surface area contributed by atoms with Crippen molar-refractivity contribution in [3.8, 4) is 0 Å². The van der Waals surface area contributed by atoms with Crippen LogP contribution in [0, 0.1) is 0 Å². The summed E-state index contributed by atoms with van der Waals surface area (Å²) in [5.74, 6) is -0.547. The number of benzene rings is 1. The van der Waals surface area contributed by atoms with Crippen LogP contribution in [0.5, 0.6) is 0 Å². The second-order valence-corrected chi connectivity index (χ2v) is 6.43. The molecule has 0 radical (unpaired) electrons. The monoisotopic (exact) mass is 366 g/mol. The van der Waals surface area contributed by atoms with Gasteiger partial charge in [-0.15, -0.1) is 0 Å². The van der Waals surface area contributed by atoms with Crippen LogP contribution >= 0.6 is 11.6 Å². The first-order valence-corrected chi connectivity index (χ1v) is 8.70. The second kappa shape index (κ2) is 9.88. The number of nitrogens with zero attached hydrogens (tertiary/aromatic N) is 1. The summed E-state index contributed by atoms with van der Waals surface area (Å²) in [5.41, 5.74) is 6.21. The molecule has 7 nitrogen and oxygen atoms in total. The molecule has 136 valence electrons. The fraction of sp³-hybridized carbons (Fsp3) is 0.471. The summed E-state index contributed by atoms with van der Waals surface area (Å²) in [5, 5.41) is 9.68. The lowest BCUT2D eigenvalue weighted by molar-refractivity contribution is -0.121. The average Bonchev–Trinajstić information content (AvgIpc) is 2.55. The first-order valence-electron chi connectivity index (χ1n) is 8.32. The number of rotatable bonds is 7. The molecule has 4 N–H and O–H groups in total. The molecule has 0 atom stereocenters. The van der Waals surface area contributed by atoms with Gasteiger partial charge in [-0.1, -0.05) is 42.1 Å². The van der Waals surface area contributed by atoms with Gasteiger partial charge in [0.1, 0.15) is 5.84 Å². The molecule has 25 heavy (non-hydrogen) atoms. The van der Waals surface area contributed by atoms with Crippen molar-refractivity contribution >= 4 is 34.9 Å². The lowest BCUT2D eigenvalue weighted by Crippen LogP contribution is -2.38. The lowest BCUT2D eigenvalue weighted by atomic mass is 9.95. The van der Waals surface area contributed by atoms with Crippen molar-refractivity contribution in [2.24, 2.45) is 10.9 Å². The smallest absolute Gasteiger partial charge is 0.265 e. The van der Waals surface area contributed by atoms with Crippen molar-refractivity contribution in [2.75, 3.05) is 11.9 Å². The van der Waals surface area contributed by atoms with Gasteiger partial charge in [0.15, 0.2) is 6.61 Å². The van der Waals surface area contributed by atoms with E-state index in [4.69, 9.17) is 22.2 Å². The Morgan fingerprint density at radius 2 is 2.00 bits per heavy atom. The molecule has 1 aromatic rings. The Kier molecular flexibility index (Phi) is 7.53. The van der Waals surface area contributed by atoms with E-state index in [1.54, 1.807) is 24.3 Å². The highest BCUT2D eigenvalue weighted by molar-refractivity contribution is 6.30. The minimum atomic E-state index is -0.398. The number of halogens is 1. The van der Waals surface area contributed by atoms with Crippen LogP contribution in [0.25, 0.3) is 0 Å². The molecule has 1 aliphatic rings. The van der Waals surface area contributed by atoms with Crippen molar-refractivity contribution in [1.82, 2.24) is 5.32 Å². The Morgan fingerprint density at radius 3 is 2.72 bits per heavy atom. The number of oxime groups is 1. The number of amidine groups is 1. The Labute approximate surface area is 151 Å². The molecule has 2 rings (SSSR count). The van der Waals surface area contributed by atoms with Crippen LogP contribution in [-0.4, -0.2) is 30.3 Å². The number of amides is 2. The van der Waals surface area contributed by atoms with Gasteiger partial charge in [0, 0.05) is 16.8 Å². The van der Waals surface area contributed by atoms with Crippen molar-refractivity contribution < 1.29 is 14.4 Å². The molecule has 0 unspecified atom stereocenters. The largest absolute Gasteiger partial charge is 0.384 e. The Bertz CT molecular complexity index is 630. The average molecular weight is 367 g/mol. The first-order chi connectivity index (χ1) is 12.0. The number of nitrogens with two attached hydrogens (primary N) is 1. The number of anilines is 1. The summed E-state index contributed by atoms with van der Waals surface area (Å²) in [6, 6.07) is 6.97. The summed E-state index contributed by atoms with van der Waals surface area (Å²) in [6.07, 6.45) is 5.46. The summed E-state index contributed by atoms with van der Waals surface area (Å²) in [6.45, 7) is -0.308. The van der Waals surface area contributed by atoms with Gasteiger partial charge in [-0.25, -0.2) is 0 Å². The first kappa shape index (κ1) is 19.1. The van der Waals surface area contributed by atoms with E-state index in [-0.39, 0.29) is 30.8 Å². The van der Waals surface area contributed by atoms with Gasteiger partial charge >= 0.3 is 0 Å². The van der Waals surface area contributed by atoms with E-state index < -0.39 is 5.91 Å². The highest BCUT2D eigenvalue weighted by Gasteiger charge is 2.16. The Balaban J connectivity index is 1.67. The molecule has 0 saturated heterocycles. The van der Waals surface area contributed by atoms with Gasteiger partial charge in [0.05, 0.1) is 6.42 Å². The molecule has 0 heterocycles. The van der Waals surface area contributed by atoms with E-state index in [9.17, 15) is 9.59 Å². The van der Waals surface area contributed by atoms with Crippen molar-refractivity contribution in [1.29, 1.82) is 0 Å². The van der Waals surface area contributed by atoms with Crippen LogP contribution in [0.1, 0.15) is 38.5 Å². The van der Waals surface area contributed by atoms with Crippen LogP contribution < -0.4 is 16.4 Å². The van der Waals surface area contributed by atoms with Gasteiger partial charge in [0.2, 0.25) is 5.91 Å². The third-order valence-electron chi connectivity index (χ3n) is 3.80. The third kappa shape index (κ3) is 7.43. The molecule has 0 bridgehead atoms. The fourth-order valence-corrected chi connectivity index (χ4v) is 2.85. The van der Waals surface area contributed by atoms with E-state index in [0.717, 1.165) is 25.7 Å². The molecule has 2 amide bonds. The number of hydrogen-bond donors (Lipinski definition) is 3. The van der Waals surface area contributed by atoms with Crippen molar-refractivity contribution in [2.45, 2.75) is 44.6 Å². The molecule has 1 saturated carbocycles. The summed E-state index contributed by atoms with van der Waals surface area (Å²) < 4.78 is 0. The normalized spacial score (nSPS) is 15.5. The van der Waals surface area contributed by atoms with E-state index >= 15 is 0 Å². The van der Waals surface area contributed by atoms with E-state index in [1.807, 2.05) is 0 Å². The molecule has 1 aliphatic carbocycles. The minimum Gasteiger partial charge on any atom is -0.384 e. The highest BCUT2D eigenvalue weighted by Crippen LogP contribution is 2.17.